The molecule has 2 unspecified atom stereocenters. The van der Waals surface area contributed by atoms with Gasteiger partial charge in [-0.3, -0.25) is 9.59 Å². The maximum Gasteiger partial charge on any atom is 0.328 e. The van der Waals surface area contributed by atoms with Gasteiger partial charge in [-0.15, -0.1) is 0 Å². The Morgan fingerprint density at radius 2 is 1.96 bits per heavy atom. The molecule has 0 aromatic heterocycles. The first-order chi connectivity index (χ1) is 11.0. The summed E-state index contributed by atoms with van der Waals surface area (Å²) in [5.74, 6) is -1.58. The van der Waals surface area contributed by atoms with Crippen LogP contribution < -0.4 is 5.32 Å². The Hall–Kier alpha value is -2.43. The molecule has 2 atom stereocenters. The van der Waals surface area contributed by atoms with Gasteiger partial charge in [0.05, 0.1) is 0 Å². The minimum absolute atomic E-state index is 0.0398. The van der Waals surface area contributed by atoms with Crippen LogP contribution in [0.5, 0.6) is 0 Å². The van der Waals surface area contributed by atoms with Gasteiger partial charge in [-0.25, -0.2) is 4.79 Å². The number of nitrogens with one attached hydrogen (secondary N) is 1. The summed E-state index contributed by atoms with van der Waals surface area (Å²) in [5, 5.41) is 11.3. The van der Waals surface area contributed by atoms with E-state index in [9.17, 15) is 14.4 Å². The maximum absolute atomic E-state index is 12.3. The molecule has 0 spiro atoms. The largest absolute Gasteiger partial charge is 0.478 e. The molecule has 0 fully saturated rings. The lowest BCUT2D eigenvalue weighted by atomic mass is 9.83. The van der Waals surface area contributed by atoms with Crippen molar-refractivity contribution < 1.29 is 19.5 Å². The zero-order valence-electron chi connectivity index (χ0n) is 13.1. The molecule has 0 aliphatic heterocycles. The summed E-state index contributed by atoms with van der Waals surface area (Å²) >= 11 is 0. The van der Waals surface area contributed by atoms with E-state index in [1.807, 2.05) is 12.1 Å². The molecule has 23 heavy (non-hydrogen) atoms. The van der Waals surface area contributed by atoms with Crippen molar-refractivity contribution in [2.45, 2.75) is 38.6 Å². The number of carboxylic acid groups (broad SMARTS) is 1. The summed E-state index contributed by atoms with van der Waals surface area (Å²) in [6.07, 6.45) is 4.36. The van der Waals surface area contributed by atoms with Crippen molar-refractivity contribution in [2.24, 2.45) is 5.92 Å². The van der Waals surface area contributed by atoms with Gasteiger partial charge in [-0.05, 0) is 43.4 Å². The molecule has 2 N–H and O–H groups in total. The van der Waals surface area contributed by atoms with E-state index in [4.69, 9.17) is 5.11 Å². The van der Waals surface area contributed by atoms with Crippen molar-refractivity contribution in [2.75, 3.05) is 0 Å². The van der Waals surface area contributed by atoms with E-state index in [-0.39, 0.29) is 30.1 Å². The van der Waals surface area contributed by atoms with Crippen LogP contribution in [0, 0.1) is 5.92 Å². The van der Waals surface area contributed by atoms with E-state index in [0.717, 1.165) is 31.4 Å². The number of allylic oxidation sites excluding steroid dienone is 1. The summed E-state index contributed by atoms with van der Waals surface area (Å²) in [5.41, 5.74) is 2.52. The van der Waals surface area contributed by atoms with Crippen LogP contribution in [0.3, 0.4) is 0 Å². The van der Waals surface area contributed by atoms with Crippen LogP contribution in [-0.2, 0) is 27.2 Å². The van der Waals surface area contributed by atoms with Crippen LogP contribution in [0.15, 0.2) is 36.4 Å². The van der Waals surface area contributed by atoms with Crippen molar-refractivity contribution in [1.29, 1.82) is 0 Å². The Bertz CT molecular complexity index is 636. The molecule has 5 heteroatoms. The third kappa shape index (κ3) is 5.06. The highest BCUT2D eigenvalue weighted by Gasteiger charge is 2.25. The number of benzene rings is 1. The summed E-state index contributed by atoms with van der Waals surface area (Å²) in [6.45, 7) is 1.75. The van der Waals surface area contributed by atoms with Gasteiger partial charge in [-0.2, -0.15) is 0 Å². The standard InChI is InChI=1S/C18H21NO4/c1-12(10-16(20)8-9-17(21)22)19-18(23)15-7-6-13-4-2-3-5-14(13)11-15/h2-5,8-9,12,15H,6-7,10-11H2,1H3,(H,19,23)(H,21,22). The quantitative estimate of drug-likeness (QED) is 0.785. The molecule has 1 aliphatic carbocycles. The monoisotopic (exact) mass is 315 g/mol. The molecule has 0 bridgehead atoms. The van der Waals surface area contributed by atoms with Gasteiger partial charge in [-0.1, -0.05) is 24.3 Å². The predicted octanol–water partition coefficient (Wildman–Crippen LogP) is 1.90. The summed E-state index contributed by atoms with van der Waals surface area (Å²) in [6, 6.07) is 7.83. The Morgan fingerprint density at radius 3 is 2.65 bits per heavy atom. The molecule has 5 nitrogen and oxygen atoms in total. The molecule has 0 heterocycles. The van der Waals surface area contributed by atoms with E-state index in [1.165, 1.54) is 11.1 Å². The number of hydrogen-bond acceptors (Lipinski definition) is 3. The van der Waals surface area contributed by atoms with E-state index < -0.39 is 5.97 Å². The molecule has 0 radical (unpaired) electrons. The Morgan fingerprint density at radius 1 is 1.26 bits per heavy atom. The normalized spacial score (nSPS) is 18.2. The highest BCUT2D eigenvalue weighted by molar-refractivity contribution is 5.95. The van der Waals surface area contributed by atoms with Gasteiger partial charge >= 0.3 is 5.97 Å². The van der Waals surface area contributed by atoms with Crippen LogP contribution >= 0.6 is 0 Å². The number of ketones is 1. The van der Waals surface area contributed by atoms with E-state index >= 15 is 0 Å². The molecule has 1 aromatic carbocycles. The molecule has 2 rings (SSSR count). The second-order valence-electron chi connectivity index (χ2n) is 5.96. The van der Waals surface area contributed by atoms with Gasteiger partial charge in [0.2, 0.25) is 5.91 Å². The maximum atomic E-state index is 12.3. The zero-order valence-corrected chi connectivity index (χ0v) is 13.1. The third-order valence-corrected chi connectivity index (χ3v) is 4.03. The molecule has 0 saturated heterocycles. The number of carbonyl (C=O) groups is 3. The van der Waals surface area contributed by atoms with Crippen molar-refractivity contribution in [3.63, 3.8) is 0 Å². The van der Waals surface area contributed by atoms with Gasteiger partial charge in [0, 0.05) is 24.5 Å². The smallest absolute Gasteiger partial charge is 0.328 e. The second-order valence-corrected chi connectivity index (χ2v) is 5.96. The average Bonchev–Trinajstić information content (AvgIpc) is 2.52. The summed E-state index contributed by atoms with van der Waals surface area (Å²) < 4.78 is 0. The number of carboxylic acids is 1. The molecule has 1 amide bonds. The first-order valence-electron chi connectivity index (χ1n) is 7.76. The van der Waals surface area contributed by atoms with Crippen molar-refractivity contribution in [3.05, 3.63) is 47.5 Å². The van der Waals surface area contributed by atoms with Crippen LogP contribution in [0.4, 0.5) is 0 Å². The van der Waals surface area contributed by atoms with E-state index in [2.05, 4.69) is 17.4 Å². The molecular weight excluding hydrogens is 294 g/mol. The lowest BCUT2D eigenvalue weighted by molar-refractivity contribution is -0.132. The highest BCUT2D eigenvalue weighted by Crippen LogP contribution is 2.25. The topological polar surface area (TPSA) is 83.5 Å². The van der Waals surface area contributed by atoms with Crippen LogP contribution in [0.1, 0.15) is 30.9 Å². The first kappa shape index (κ1) is 16.9. The summed E-state index contributed by atoms with van der Waals surface area (Å²) in [7, 11) is 0. The predicted molar refractivity (Wildman–Crippen MR) is 86.0 cm³/mol. The van der Waals surface area contributed by atoms with Crippen molar-refractivity contribution in [3.8, 4) is 0 Å². The highest BCUT2D eigenvalue weighted by atomic mass is 16.4. The Kier molecular flexibility index (Phi) is 5.68. The average molecular weight is 315 g/mol. The Balaban J connectivity index is 1.85. The molecule has 1 aliphatic rings. The van der Waals surface area contributed by atoms with E-state index in [1.54, 1.807) is 6.92 Å². The number of rotatable bonds is 6. The SMILES string of the molecule is CC(CC(=O)C=CC(=O)O)NC(=O)C1CCc2ccccc2C1. The fourth-order valence-electron chi connectivity index (χ4n) is 2.87. The lowest BCUT2D eigenvalue weighted by Gasteiger charge is -2.25. The van der Waals surface area contributed by atoms with Gasteiger partial charge < -0.3 is 10.4 Å². The molecule has 1 aromatic rings. The summed E-state index contributed by atoms with van der Waals surface area (Å²) in [4.78, 5) is 34.3. The minimum atomic E-state index is -1.16. The second kappa shape index (κ2) is 7.72. The van der Waals surface area contributed by atoms with Crippen LogP contribution in [0.25, 0.3) is 0 Å². The van der Waals surface area contributed by atoms with Crippen LogP contribution in [0.2, 0.25) is 0 Å². The number of aliphatic carboxylic acids is 1. The molecule has 0 saturated carbocycles. The van der Waals surface area contributed by atoms with Crippen LogP contribution in [-0.4, -0.2) is 28.8 Å². The number of carbonyl (C=O) groups excluding carboxylic acids is 2. The Labute approximate surface area is 135 Å². The minimum Gasteiger partial charge on any atom is -0.478 e. The van der Waals surface area contributed by atoms with Gasteiger partial charge in [0.25, 0.3) is 0 Å². The molecule has 122 valence electrons. The van der Waals surface area contributed by atoms with Gasteiger partial charge in [0.1, 0.15) is 0 Å². The number of aryl methyl sites for hydroxylation is 1. The van der Waals surface area contributed by atoms with Crippen molar-refractivity contribution in [1.82, 2.24) is 5.32 Å². The number of hydrogen-bond donors (Lipinski definition) is 2. The molecular formula is C18H21NO4. The fraction of sp³-hybridized carbons (Fsp3) is 0.389. The zero-order chi connectivity index (χ0) is 16.8. The first-order valence-corrected chi connectivity index (χ1v) is 7.76. The number of fused-ring (bicyclic) bond motifs is 1. The third-order valence-electron chi connectivity index (χ3n) is 4.03. The number of amides is 1. The lowest BCUT2D eigenvalue weighted by Crippen LogP contribution is -2.40. The van der Waals surface area contributed by atoms with Crippen molar-refractivity contribution >= 4 is 17.7 Å². The van der Waals surface area contributed by atoms with E-state index in [0.29, 0.717) is 0 Å². The van der Waals surface area contributed by atoms with Gasteiger partial charge in [0.15, 0.2) is 5.78 Å². The fourth-order valence-corrected chi connectivity index (χ4v) is 2.87.